The SMILES string of the molecule is Cc1cc(O)c(C2(C(F)(F)F)CC2)cc1C1(CC(F)(F)F)CC1. The highest BCUT2D eigenvalue weighted by Crippen LogP contribution is 2.63. The first-order chi connectivity index (χ1) is 10.4. The van der Waals surface area contributed by atoms with Crippen molar-refractivity contribution in [2.75, 3.05) is 0 Å². The lowest BCUT2D eigenvalue weighted by Crippen LogP contribution is -2.29. The highest BCUT2D eigenvalue weighted by molar-refractivity contribution is 5.52. The van der Waals surface area contributed by atoms with Gasteiger partial charge in [-0.05, 0) is 49.8 Å². The van der Waals surface area contributed by atoms with Crippen molar-refractivity contribution in [3.63, 3.8) is 0 Å². The van der Waals surface area contributed by atoms with Gasteiger partial charge in [-0.3, -0.25) is 0 Å². The maximum atomic E-state index is 13.3. The zero-order valence-electron chi connectivity index (χ0n) is 12.4. The number of hydrogen-bond donors (Lipinski definition) is 1. The first-order valence-corrected chi connectivity index (χ1v) is 7.38. The van der Waals surface area contributed by atoms with Gasteiger partial charge < -0.3 is 5.11 Å². The van der Waals surface area contributed by atoms with Crippen LogP contribution in [-0.4, -0.2) is 17.5 Å². The Bertz CT molecular complexity index is 635. The molecule has 1 N–H and O–H groups in total. The average Bonchev–Trinajstić information content (AvgIpc) is 3.21. The Kier molecular flexibility index (Phi) is 3.27. The summed E-state index contributed by atoms with van der Waals surface area (Å²) < 4.78 is 78.2. The molecule has 0 saturated heterocycles. The summed E-state index contributed by atoms with van der Waals surface area (Å²) in [5.41, 5.74) is -2.82. The lowest BCUT2D eigenvalue weighted by Gasteiger charge is -2.25. The molecule has 0 unspecified atom stereocenters. The van der Waals surface area contributed by atoms with Crippen LogP contribution < -0.4 is 0 Å². The number of benzene rings is 1. The summed E-state index contributed by atoms with van der Waals surface area (Å²) in [6, 6.07) is 2.34. The summed E-state index contributed by atoms with van der Waals surface area (Å²) in [7, 11) is 0. The van der Waals surface area contributed by atoms with Crippen LogP contribution in [0.4, 0.5) is 26.3 Å². The van der Waals surface area contributed by atoms with Gasteiger partial charge in [-0.25, -0.2) is 0 Å². The van der Waals surface area contributed by atoms with Crippen LogP contribution in [0.1, 0.15) is 48.8 Å². The molecule has 1 aromatic rings. The third-order valence-corrected chi connectivity index (χ3v) is 5.11. The maximum absolute atomic E-state index is 13.3. The van der Waals surface area contributed by atoms with Crippen molar-refractivity contribution in [2.45, 2.75) is 62.2 Å². The van der Waals surface area contributed by atoms with Crippen molar-refractivity contribution < 1.29 is 31.4 Å². The molecule has 0 heterocycles. The highest BCUT2D eigenvalue weighted by atomic mass is 19.4. The van der Waals surface area contributed by atoms with E-state index in [0.29, 0.717) is 18.4 Å². The topological polar surface area (TPSA) is 20.2 Å². The fourth-order valence-electron chi connectivity index (χ4n) is 3.55. The number of phenols is 1. The lowest BCUT2D eigenvalue weighted by atomic mass is 9.83. The minimum Gasteiger partial charge on any atom is -0.508 e. The summed E-state index contributed by atoms with van der Waals surface area (Å²) in [6.07, 6.45) is -9.60. The molecule has 1 nitrogen and oxygen atoms in total. The van der Waals surface area contributed by atoms with E-state index in [-0.39, 0.29) is 24.0 Å². The molecule has 0 aliphatic heterocycles. The average molecular weight is 338 g/mol. The Morgan fingerprint density at radius 2 is 1.52 bits per heavy atom. The molecule has 128 valence electrons. The number of aryl methyl sites for hydroxylation is 1. The number of phenolic OH excluding ortho intramolecular Hbond substituents is 1. The van der Waals surface area contributed by atoms with Crippen LogP contribution in [-0.2, 0) is 10.8 Å². The number of rotatable bonds is 3. The molecule has 7 heteroatoms. The van der Waals surface area contributed by atoms with E-state index in [0.717, 1.165) is 0 Å². The molecule has 2 saturated carbocycles. The number of aromatic hydroxyl groups is 1. The Morgan fingerprint density at radius 1 is 0.957 bits per heavy atom. The van der Waals surface area contributed by atoms with Crippen molar-refractivity contribution in [1.82, 2.24) is 0 Å². The second-order valence-corrected chi connectivity index (χ2v) is 6.84. The zero-order chi connectivity index (χ0) is 17.3. The highest BCUT2D eigenvalue weighted by Gasteiger charge is 2.65. The van der Waals surface area contributed by atoms with Gasteiger partial charge in [-0.15, -0.1) is 0 Å². The molecule has 0 spiro atoms. The Morgan fingerprint density at radius 3 is 1.91 bits per heavy atom. The molecule has 3 rings (SSSR count). The summed E-state index contributed by atoms with van der Waals surface area (Å²) in [4.78, 5) is 0. The zero-order valence-corrected chi connectivity index (χ0v) is 12.4. The fraction of sp³-hybridized carbons (Fsp3) is 0.625. The van der Waals surface area contributed by atoms with Gasteiger partial charge in [0.05, 0.1) is 11.8 Å². The Labute approximate surface area is 129 Å². The Balaban J connectivity index is 2.06. The molecule has 0 amide bonds. The predicted molar refractivity (Wildman–Crippen MR) is 71.4 cm³/mol. The minimum atomic E-state index is -4.52. The maximum Gasteiger partial charge on any atom is 0.398 e. The third-order valence-electron chi connectivity index (χ3n) is 5.11. The normalized spacial score (nSPS) is 22.0. The number of hydrogen-bond acceptors (Lipinski definition) is 1. The van der Waals surface area contributed by atoms with E-state index in [1.807, 2.05) is 0 Å². The molecule has 1 aromatic carbocycles. The molecule has 2 aliphatic carbocycles. The van der Waals surface area contributed by atoms with E-state index >= 15 is 0 Å². The second-order valence-electron chi connectivity index (χ2n) is 6.84. The molecule has 2 aliphatic rings. The van der Waals surface area contributed by atoms with E-state index in [4.69, 9.17) is 0 Å². The van der Waals surface area contributed by atoms with Crippen LogP contribution in [0.3, 0.4) is 0 Å². The molecular formula is C16H16F6O. The van der Waals surface area contributed by atoms with Gasteiger partial charge in [0.25, 0.3) is 0 Å². The fourth-order valence-corrected chi connectivity index (χ4v) is 3.55. The van der Waals surface area contributed by atoms with Gasteiger partial charge in [0.15, 0.2) is 0 Å². The van der Waals surface area contributed by atoms with E-state index < -0.39 is 35.4 Å². The summed E-state index contributed by atoms with van der Waals surface area (Å²) in [5, 5.41) is 9.95. The predicted octanol–water partition coefficient (Wildman–Crippen LogP) is 5.28. The molecule has 0 atom stereocenters. The number of halogens is 6. The van der Waals surface area contributed by atoms with E-state index in [2.05, 4.69) is 0 Å². The van der Waals surface area contributed by atoms with Gasteiger partial charge in [0, 0.05) is 11.0 Å². The first-order valence-electron chi connectivity index (χ1n) is 7.38. The van der Waals surface area contributed by atoms with Crippen molar-refractivity contribution >= 4 is 0 Å². The monoisotopic (exact) mass is 338 g/mol. The van der Waals surface area contributed by atoms with Crippen molar-refractivity contribution in [3.8, 4) is 5.75 Å². The largest absolute Gasteiger partial charge is 0.508 e. The smallest absolute Gasteiger partial charge is 0.398 e. The van der Waals surface area contributed by atoms with Crippen molar-refractivity contribution in [3.05, 3.63) is 28.8 Å². The standard InChI is InChI=1S/C16H16F6O/c1-9-6-12(23)11(14(4-5-14)16(20,21)22)7-10(9)13(2-3-13)8-15(17,18)19/h6-7,23H,2-5,8H2,1H3. The first kappa shape index (κ1) is 16.5. The molecular weight excluding hydrogens is 322 g/mol. The van der Waals surface area contributed by atoms with Crippen LogP contribution in [0.2, 0.25) is 0 Å². The molecule has 23 heavy (non-hydrogen) atoms. The van der Waals surface area contributed by atoms with Crippen molar-refractivity contribution in [2.24, 2.45) is 0 Å². The molecule has 0 bridgehead atoms. The van der Waals surface area contributed by atoms with E-state index in [1.54, 1.807) is 0 Å². The molecule has 0 radical (unpaired) electrons. The minimum absolute atomic E-state index is 0.140. The van der Waals surface area contributed by atoms with Crippen LogP contribution in [0.15, 0.2) is 12.1 Å². The third kappa shape index (κ3) is 2.68. The van der Waals surface area contributed by atoms with E-state index in [1.165, 1.54) is 19.1 Å². The second kappa shape index (κ2) is 4.57. The van der Waals surface area contributed by atoms with Gasteiger partial charge in [0.1, 0.15) is 5.75 Å². The quantitative estimate of drug-likeness (QED) is 0.744. The lowest BCUT2D eigenvalue weighted by molar-refractivity contribution is -0.161. The van der Waals surface area contributed by atoms with Crippen LogP contribution in [0.25, 0.3) is 0 Å². The van der Waals surface area contributed by atoms with Crippen LogP contribution in [0.5, 0.6) is 5.75 Å². The van der Waals surface area contributed by atoms with Gasteiger partial charge in [0.2, 0.25) is 0 Å². The van der Waals surface area contributed by atoms with Gasteiger partial charge >= 0.3 is 12.4 Å². The molecule has 0 aromatic heterocycles. The number of alkyl halides is 6. The van der Waals surface area contributed by atoms with Crippen LogP contribution >= 0.6 is 0 Å². The summed E-state index contributed by atoms with van der Waals surface area (Å²) in [6.45, 7) is 1.53. The van der Waals surface area contributed by atoms with Crippen LogP contribution in [0, 0.1) is 6.92 Å². The van der Waals surface area contributed by atoms with Gasteiger partial charge in [-0.2, -0.15) is 26.3 Å². The summed E-state index contributed by atoms with van der Waals surface area (Å²) in [5.74, 6) is -0.483. The summed E-state index contributed by atoms with van der Waals surface area (Å²) >= 11 is 0. The van der Waals surface area contributed by atoms with Gasteiger partial charge in [-0.1, -0.05) is 6.07 Å². The Hall–Kier alpha value is -1.40. The van der Waals surface area contributed by atoms with Crippen molar-refractivity contribution in [1.29, 1.82) is 0 Å². The molecule has 2 fully saturated rings. The van der Waals surface area contributed by atoms with E-state index in [9.17, 15) is 31.4 Å².